The van der Waals surface area contributed by atoms with E-state index < -0.39 is 10.7 Å². The van der Waals surface area contributed by atoms with E-state index in [0.717, 1.165) is 25.7 Å². The second kappa shape index (κ2) is 15.5. The first-order valence-electron chi connectivity index (χ1n) is 10.1. The number of rotatable bonds is 17. The van der Waals surface area contributed by atoms with Gasteiger partial charge < -0.3 is 5.11 Å². The highest BCUT2D eigenvalue weighted by Crippen LogP contribution is 2.19. The Morgan fingerprint density at radius 1 is 0.840 bits per heavy atom. The molecule has 0 heterocycles. The summed E-state index contributed by atoms with van der Waals surface area (Å²) in [7, 11) is 0. The second-order valence-corrected chi connectivity index (χ2v) is 8.03. The zero-order chi connectivity index (χ0) is 19.0. The van der Waals surface area contributed by atoms with E-state index in [9.17, 15) is 9.59 Å². The number of allylic oxidation sites excluding steroid dienone is 2. The minimum atomic E-state index is -1.54. The number of carbonyl (C=O) groups is 2. The highest BCUT2D eigenvalue weighted by Gasteiger charge is 2.36. The zero-order valence-corrected chi connectivity index (χ0v) is 17.2. The highest BCUT2D eigenvalue weighted by atomic mass is 32.1. The highest BCUT2D eigenvalue weighted by molar-refractivity contribution is 7.83. The Hall–Kier alpha value is -0.770. The minimum absolute atomic E-state index is 0.291. The predicted octanol–water partition coefficient (Wildman–Crippen LogP) is 6.37. The molecule has 146 valence electrons. The average molecular weight is 371 g/mol. The summed E-state index contributed by atoms with van der Waals surface area (Å²) in [4.78, 5) is 22.7. The first-order chi connectivity index (χ1) is 11.9. The molecule has 0 aromatic rings. The number of carboxylic acid groups (broad SMARTS) is 1. The van der Waals surface area contributed by atoms with Crippen LogP contribution >= 0.6 is 12.6 Å². The number of hydrogen-bond donors (Lipinski definition) is 2. The molecule has 0 spiro atoms. The van der Waals surface area contributed by atoms with Crippen LogP contribution in [0.3, 0.4) is 0 Å². The molecule has 0 amide bonds. The summed E-state index contributed by atoms with van der Waals surface area (Å²) < 4.78 is -1.54. The molecule has 0 aromatic heterocycles. The summed E-state index contributed by atoms with van der Waals surface area (Å²) in [5.41, 5.74) is 0. The SMILES string of the molecule is CCCCCCCCC=CCCCCCCCC(=O)C(C)(S)C(=O)O. The van der Waals surface area contributed by atoms with Crippen LogP contribution in [0, 0.1) is 0 Å². The number of carbonyl (C=O) groups excluding carboxylic acids is 1. The van der Waals surface area contributed by atoms with Gasteiger partial charge in [-0.25, -0.2) is 0 Å². The molecule has 25 heavy (non-hydrogen) atoms. The molecule has 0 bridgehead atoms. The van der Waals surface area contributed by atoms with Gasteiger partial charge in [0.05, 0.1) is 0 Å². The van der Waals surface area contributed by atoms with Gasteiger partial charge in [0.15, 0.2) is 10.5 Å². The Bertz CT molecular complexity index is 389. The van der Waals surface area contributed by atoms with Crippen molar-refractivity contribution in [3.8, 4) is 0 Å². The van der Waals surface area contributed by atoms with Crippen molar-refractivity contribution in [1.82, 2.24) is 0 Å². The molecule has 0 radical (unpaired) electrons. The van der Waals surface area contributed by atoms with Crippen molar-refractivity contribution in [2.45, 2.75) is 108 Å². The molecule has 3 nitrogen and oxygen atoms in total. The fraction of sp³-hybridized carbons (Fsp3) is 0.810. The topological polar surface area (TPSA) is 54.4 Å². The third-order valence-electron chi connectivity index (χ3n) is 4.63. The van der Waals surface area contributed by atoms with E-state index >= 15 is 0 Å². The lowest BCUT2D eigenvalue weighted by atomic mass is 9.99. The molecular weight excluding hydrogens is 332 g/mol. The van der Waals surface area contributed by atoms with Gasteiger partial charge in [0.1, 0.15) is 0 Å². The lowest BCUT2D eigenvalue weighted by molar-refractivity contribution is -0.143. The molecule has 0 rings (SSSR count). The first-order valence-corrected chi connectivity index (χ1v) is 10.5. The molecule has 1 N–H and O–H groups in total. The maximum Gasteiger partial charge on any atom is 0.326 e. The van der Waals surface area contributed by atoms with Crippen LogP contribution in [0.15, 0.2) is 12.2 Å². The van der Waals surface area contributed by atoms with Gasteiger partial charge in [-0.15, -0.1) is 0 Å². The van der Waals surface area contributed by atoms with Gasteiger partial charge in [-0.3, -0.25) is 9.59 Å². The molecular formula is C21H38O3S. The quantitative estimate of drug-likeness (QED) is 0.135. The van der Waals surface area contributed by atoms with Gasteiger partial charge in [-0.05, 0) is 39.0 Å². The lowest BCUT2D eigenvalue weighted by Crippen LogP contribution is -2.37. The Morgan fingerprint density at radius 2 is 1.28 bits per heavy atom. The maximum absolute atomic E-state index is 11.8. The Balaban J connectivity index is 3.40. The summed E-state index contributed by atoms with van der Waals surface area (Å²) in [5, 5.41) is 8.93. The fourth-order valence-corrected chi connectivity index (χ4v) is 2.83. The van der Waals surface area contributed by atoms with Crippen LogP contribution < -0.4 is 0 Å². The Labute approximate surface area is 160 Å². The standard InChI is InChI=1S/C21H38O3S/c1-3-4-5-6-7-8-9-10-11-12-13-14-15-16-17-18-19(22)21(2,25)20(23)24/h10-11,25H,3-9,12-18H2,1-2H3,(H,23,24). The van der Waals surface area contributed by atoms with Crippen LogP contribution in [0.2, 0.25) is 0 Å². The van der Waals surface area contributed by atoms with Gasteiger partial charge in [-0.2, -0.15) is 12.6 Å². The number of hydrogen-bond acceptors (Lipinski definition) is 3. The van der Waals surface area contributed by atoms with E-state index in [4.69, 9.17) is 5.11 Å². The summed E-state index contributed by atoms with van der Waals surface area (Å²) in [6.07, 6.45) is 20.6. The predicted molar refractivity (Wildman–Crippen MR) is 109 cm³/mol. The minimum Gasteiger partial charge on any atom is -0.480 e. The zero-order valence-electron chi connectivity index (χ0n) is 16.3. The van der Waals surface area contributed by atoms with Crippen LogP contribution in [-0.4, -0.2) is 21.6 Å². The smallest absolute Gasteiger partial charge is 0.326 e. The van der Waals surface area contributed by atoms with Gasteiger partial charge in [0, 0.05) is 6.42 Å². The number of ketones is 1. The Kier molecular flexibility index (Phi) is 15.0. The molecule has 1 atom stereocenters. The summed E-state index contributed by atoms with van der Waals surface area (Å²) >= 11 is 3.95. The number of aliphatic carboxylic acids is 1. The van der Waals surface area contributed by atoms with E-state index in [1.165, 1.54) is 64.7 Å². The lowest BCUT2D eigenvalue weighted by Gasteiger charge is -2.16. The molecule has 4 heteroatoms. The normalized spacial score (nSPS) is 13.9. The molecule has 1 unspecified atom stereocenters. The maximum atomic E-state index is 11.8. The Morgan fingerprint density at radius 3 is 1.76 bits per heavy atom. The van der Waals surface area contributed by atoms with Gasteiger partial charge in [0.2, 0.25) is 0 Å². The van der Waals surface area contributed by atoms with Crippen LogP contribution in [0.5, 0.6) is 0 Å². The molecule has 0 aliphatic rings. The van der Waals surface area contributed by atoms with Gasteiger partial charge in [0.25, 0.3) is 0 Å². The van der Waals surface area contributed by atoms with Crippen LogP contribution in [0.25, 0.3) is 0 Å². The van der Waals surface area contributed by atoms with Crippen molar-refractivity contribution >= 4 is 24.4 Å². The van der Waals surface area contributed by atoms with Crippen molar-refractivity contribution in [1.29, 1.82) is 0 Å². The fourth-order valence-electron chi connectivity index (χ4n) is 2.72. The van der Waals surface area contributed by atoms with Crippen LogP contribution in [0.1, 0.15) is 104 Å². The third kappa shape index (κ3) is 13.1. The van der Waals surface area contributed by atoms with E-state index in [0.29, 0.717) is 6.42 Å². The monoisotopic (exact) mass is 370 g/mol. The molecule has 0 saturated carbocycles. The van der Waals surface area contributed by atoms with Crippen LogP contribution in [0.4, 0.5) is 0 Å². The van der Waals surface area contributed by atoms with Gasteiger partial charge in [-0.1, -0.05) is 70.4 Å². The largest absolute Gasteiger partial charge is 0.480 e. The van der Waals surface area contributed by atoms with E-state index in [2.05, 4.69) is 31.7 Å². The van der Waals surface area contributed by atoms with Crippen LogP contribution in [-0.2, 0) is 9.59 Å². The van der Waals surface area contributed by atoms with Crippen molar-refractivity contribution in [2.75, 3.05) is 0 Å². The summed E-state index contributed by atoms with van der Waals surface area (Å²) in [6.45, 7) is 3.61. The van der Waals surface area contributed by atoms with Crippen molar-refractivity contribution < 1.29 is 14.7 Å². The van der Waals surface area contributed by atoms with Crippen molar-refractivity contribution in [3.63, 3.8) is 0 Å². The number of Topliss-reactive ketones (excluding diaryl/α,β-unsaturated/α-hetero) is 1. The van der Waals surface area contributed by atoms with Crippen molar-refractivity contribution in [3.05, 3.63) is 12.2 Å². The molecule has 0 saturated heterocycles. The number of thiol groups is 1. The van der Waals surface area contributed by atoms with E-state index in [1.807, 2.05) is 0 Å². The molecule has 0 aliphatic carbocycles. The number of carboxylic acids is 1. The van der Waals surface area contributed by atoms with E-state index in [1.54, 1.807) is 0 Å². The molecule has 0 aliphatic heterocycles. The van der Waals surface area contributed by atoms with Crippen molar-refractivity contribution in [2.24, 2.45) is 0 Å². The average Bonchev–Trinajstić information content (AvgIpc) is 2.57. The number of unbranched alkanes of at least 4 members (excludes halogenated alkanes) is 11. The summed E-state index contributed by atoms with van der Waals surface area (Å²) in [6, 6.07) is 0. The summed E-state index contributed by atoms with van der Waals surface area (Å²) in [5.74, 6) is -1.45. The van der Waals surface area contributed by atoms with E-state index in [-0.39, 0.29) is 5.78 Å². The molecule has 0 aromatic carbocycles. The first kappa shape index (κ1) is 24.2. The van der Waals surface area contributed by atoms with Gasteiger partial charge >= 0.3 is 5.97 Å². The second-order valence-electron chi connectivity index (χ2n) is 7.13. The third-order valence-corrected chi connectivity index (χ3v) is 5.07. The molecule has 0 fully saturated rings.